The second-order valence-electron chi connectivity index (χ2n) is 2.18. The fourth-order valence-corrected chi connectivity index (χ4v) is 0.847. The summed E-state index contributed by atoms with van der Waals surface area (Å²) in [6.45, 7) is 1.13. The Morgan fingerprint density at radius 1 is 1.00 bits per heavy atom. The van der Waals surface area contributed by atoms with Gasteiger partial charge in [0.15, 0.2) is 0 Å². The highest BCUT2D eigenvalue weighted by atomic mass is 15.1. The van der Waals surface area contributed by atoms with E-state index in [2.05, 4.69) is 22.8 Å². The number of hydrogen-bond acceptors (Lipinski definition) is 4. The van der Waals surface area contributed by atoms with Gasteiger partial charge in [0.05, 0.1) is 12.1 Å². The summed E-state index contributed by atoms with van der Waals surface area (Å²) in [5.74, 6) is 0. The Kier molecular flexibility index (Phi) is 2.22. The van der Waals surface area contributed by atoms with Gasteiger partial charge in [-0.2, -0.15) is 10.5 Å². The van der Waals surface area contributed by atoms with Gasteiger partial charge in [-0.05, 0) is 0 Å². The minimum Gasteiger partial charge on any atom is -0.298 e. The quantitative estimate of drug-likeness (QED) is 0.446. The van der Waals surface area contributed by atoms with E-state index in [-0.39, 0.29) is 12.1 Å². The van der Waals surface area contributed by atoms with E-state index in [1.54, 1.807) is 0 Å². The molecule has 1 rings (SSSR count). The van der Waals surface area contributed by atoms with E-state index in [4.69, 9.17) is 10.5 Å². The lowest BCUT2D eigenvalue weighted by atomic mass is 10.2. The monoisotopic (exact) mass is 136 g/mol. The van der Waals surface area contributed by atoms with Crippen molar-refractivity contribution in [2.24, 2.45) is 0 Å². The van der Waals surface area contributed by atoms with Crippen molar-refractivity contribution in [1.82, 2.24) is 10.6 Å². The van der Waals surface area contributed by atoms with Crippen molar-refractivity contribution in [2.45, 2.75) is 12.1 Å². The third kappa shape index (κ3) is 1.44. The lowest BCUT2D eigenvalue weighted by Crippen LogP contribution is -2.53. The van der Waals surface area contributed by atoms with Gasteiger partial charge in [0.1, 0.15) is 12.1 Å². The zero-order valence-electron chi connectivity index (χ0n) is 5.46. The van der Waals surface area contributed by atoms with Gasteiger partial charge in [-0.1, -0.05) is 0 Å². The van der Waals surface area contributed by atoms with E-state index in [0.29, 0.717) is 13.1 Å². The summed E-state index contributed by atoms with van der Waals surface area (Å²) in [5, 5.41) is 22.7. The minimum atomic E-state index is -0.135. The van der Waals surface area contributed by atoms with Crippen LogP contribution in [0.2, 0.25) is 0 Å². The average molecular weight is 136 g/mol. The Bertz CT molecular complexity index is 157. The Morgan fingerprint density at radius 3 is 1.60 bits per heavy atom. The Labute approximate surface area is 59.4 Å². The molecule has 52 valence electrons. The van der Waals surface area contributed by atoms with Gasteiger partial charge in [-0.25, -0.2) is 0 Å². The molecule has 0 aromatic carbocycles. The van der Waals surface area contributed by atoms with E-state index >= 15 is 0 Å². The molecule has 0 amide bonds. The zero-order chi connectivity index (χ0) is 7.40. The molecule has 2 N–H and O–H groups in total. The molecule has 1 saturated heterocycles. The molecule has 0 spiro atoms. The van der Waals surface area contributed by atoms with Crippen LogP contribution >= 0.6 is 0 Å². The molecule has 1 fully saturated rings. The number of nitrogens with one attached hydrogen (secondary N) is 2. The zero-order valence-corrected chi connectivity index (χ0v) is 5.46. The number of piperazine rings is 1. The lowest BCUT2D eigenvalue weighted by Gasteiger charge is -2.22. The molecular weight excluding hydrogens is 128 g/mol. The van der Waals surface area contributed by atoms with Crippen LogP contribution in [0.15, 0.2) is 0 Å². The highest BCUT2D eigenvalue weighted by molar-refractivity contribution is 5.02. The lowest BCUT2D eigenvalue weighted by molar-refractivity contribution is 0.431. The summed E-state index contributed by atoms with van der Waals surface area (Å²) >= 11 is 0. The van der Waals surface area contributed by atoms with Crippen molar-refractivity contribution in [2.75, 3.05) is 13.1 Å². The largest absolute Gasteiger partial charge is 0.298 e. The van der Waals surface area contributed by atoms with E-state index < -0.39 is 0 Å². The summed E-state index contributed by atoms with van der Waals surface area (Å²) < 4.78 is 0. The topological polar surface area (TPSA) is 71.6 Å². The molecule has 0 aromatic heterocycles. The van der Waals surface area contributed by atoms with E-state index in [9.17, 15) is 0 Å². The van der Waals surface area contributed by atoms with Crippen LogP contribution in [0.5, 0.6) is 0 Å². The number of hydrogen-bond donors (Lipinski definition) is 2. The first-order chi connectivity index (χ1) is 4.86. The molecule has 1 aliphatic heterocycles. The van der Waals surface area contributed by atoms with Crippen molar-refractivity contribution in [1.29, 1.82) is 10.5 Å². The van der Waals surface area contributed by atoms with Crippen LogP contribution in [-0.2, 0) is 0 Å². The van der Waals surface area contributed by atoms with Crippen LogP contribution in [0.3, 0.4) is 0 Å². The van der Waals surface area contributed by atoms with Crippen LogP contribution in [0, 0.1) is 22.7 Å². The Balaban J connectivity index is 2.34. The third-order valence-electron chi connectivity index (χ3n) is 1.45. The van der Waals surface area contributed by atoms with Crippen LogP contribution in [0.1, 0.15) is 0 Å². The van der Waals surface area contributed by atoms with Gasteiger partial charge < -0.3 is 0 Å². The highest BCUT2D eigenvalue weighted by Gasteiger charge is 2.17. The normalized spacial score (nSPS) is 32.2. The maximum atomic E-state index is 8.41. The van der Waals surface area contributed by atoms with Crippen LogP contribution in [0.4, 0.5) is 0 Å². The van der Waals surface area contributed by atoms with Gasteiger partial charge in [0, 0.05) is 13.1 Å². The molecule has 0 aromatic rings. The van der Waals surface area contributed by atoms with Crippen molar-refractivity contribution < 1.29 is 0 Å². The molecular formula is C6H8N4. The van der Waals surface area contributed by atoms with Crippen molar-refractivity contribution in [3.05, 3.63) is 0 Å². The predicted octanol–water partition coefficient (Wildman–Crippen LogP) is -1.04. The Morgan fingerprint density at radius 2 is 1.40 bits per heavy atom. The van der Waals surface area contributed by atoms with Crippen molar-refractivity contribution in [3.63, 3.8) is 0 Å². The maximum Gasteiger partial charge on any atom is 0.108 e. The van der Waals surface area contributed by atoms with E-state index in [1.807, 2.05) is 0 Å². The molecule has 2 atom stereocenters. The SMILES string of the molecule is N#CC1CNC(C#N)CN1. The standard InChI is InChI=1S/C6H8N4/c7-1-5-3-10-6(2-8)4-9-5/h5-6,9-10H,3-4H2. The van der Waals surface area contributed by atoms with Gasteiger partial charge in [0.25, 0.3) is 0 Å². The van der Waals surface area contributed by atoms with Gasteiger partial charge in [0.2, 0.25) is 0 Å². The summed E-state index contributed by atoms with van der Waals surface area (Å²) in [7, 11) is 0. The summed E-state index contributed by atoms with van der Waals surface area (Å²) in [6, 6.07) is 3.86. The Hall–Kier alpha value is -1.10. The number of nitriles is 2. The second-order valence-corrected chi connectivity index (χ2v) is 2.18. The first-order valence-electron chi connectivity index (χ1n) is 3.13. The fraction of sp³-hybridized carbons (Fsp3) is 0.667. The summed E-state index contributed by atoms with van der Waals surface area (Å²) in [4.78, 5) is 0. The average Bonchev–Trinajstić information content (AvgIpc) is 2.05. The maximum absolute atomic E-state index is 8.41. The highest BCUT2D eigenvalue weighted by Crippen LogP contribution is 1.89. The molecule has 2 unspecified atom stereocenters. The minimum absolute atomic E-state index is 0.135. The first kappa shape index (κ1) is 7.01. The van der Waals surface area contributed by atoms with Crippen molar-refractivity contribution in [3.8, 4) is 12.1 Å². The molecule has 4 heteroatoms. The fourth-order valence-electron chi connectivity index (χ4n) is 0.847. The summed E-state index contributed by atoms with van der Waals surface area (Å²) in [6.07, 6.45) is 0. The molecule has 4 nitrogen and oxygen atoms in total. The number of rotatable bonds is 0. The first-order valence-corrected chi connectivity index (χ1v) is 3.13. The predicted molar refractivity (Wildman–Crippen MR) is 34.8 cm³/mol. The molecule has 0 saturated carbocycles. The van der Waals surface area contributed by atoms with Gasteiger partial charge in [-0.15, -0.1) is 0 Å². The third-order valence-corrected chi connectivity index (χ3v) is 1.45. The van der Waals surface area contributed by atoms with Crippen LogP contribution in [-0.4, -0.2) is 25.2 Å². The smallest absolute Gasteiger partial charge is 0.108 e. The van der Waals surface area contributed by atoms with Crippen molar-refractivity contribution >= 4 is 0 Å². The van der Waals surface area contributed by atoms with Crippen LogP contribution in [0.25, 0.3) is 0 Å². The second kappa shape index (κ2) is 3.17. The summed E-state index contributed by atoms with van der Waals surface area (Å²) in [5.41, 5.74) is 0. The van der Waals surface area contributed by atoms with Crippen LogP contribution < -0.4 is 10.6 Å². The molecule has 10 heavy (non-hydrogen) atoms. The van der Waals surface area contributed by atoms with Gasteiger partial charge >= 0.3 is 0 Å². The molecule has 1 heterocycles. The van der Waals surface area contributed by atoms with Gasteiger partial charge in [-0.3, -0.25) is 10.6 Å². The van der Waals surface area contributed by atoms with E-state index in [1.165, 1.54) is 0 Å². The number of nitrogens with zero attached hydrogens (tertiary/aromatic N) is 2. The molecule has 0 bridgehead atoms. The molecule has 0 radical (unpaired) electrons. The molecule has 0 aliphatic carbocycles. The van der Waals surface area contributed by atoms with E-state index in [0.717, 1.165) is 0 Å². The molecule has 1 aliphatic rings.